The van der Waals surface area contributed by atoms with Crippen molar-refractivity contribution in [2.75, 3.05) is 13.1 Å². The fraction of sp³-hybridized carbons (Fsp3) is 0.941. The van der Waals surface area contributed by atoms with Crippen molar-refractivity contribution in [3.63, 3.8) is 0 Å². The van der Waals surface area contributed by atoms with Crippen LogP contribution in [-0.2, 0) is 9.53 Å². The fourth-order valence-electron chi connectivity index (χ4n) is 4.91. The van der Waals surface area contributed by atoms with Gasteiger partial charge in [-0.15, -0.1) is 0 Å². The Bertz CT molecular complexity index is 424. The predicted molar refractivity (Wildman–Crippen MR) is 87.3 cm³/mol. The van der Waals surface area contributed by atoms with Gasteiger partial charge in [0, 0.05) is 24.2 Å². The SMILES string of the molecule is O=C(OC1CCC2(CCNN2)CC1)C1CCC2(CCNN2)CC1. The van der Waals surface area contributed by atoms with Crippen LogP contribution in [0, 0.1) is 5.92 Å². The summed E-state index contributed by atoms with van der Waals surface area (Å²) in [7, 11) is 0. The minimum atomic E-state index is 0.0595. The van der Waals surface area contributed by atoms with Gasteiger partial charge in [0.25, 0.3) is 0 Å². The summed E-state index contributed by atoms with van der Waals surface area (Å²) >= 11 is 0. The molecule has 2 aliphatic heterocycles. The van der Waals surface area contributed by atoms with Gasteiger partial charge in [-0.05, 0) is 64.2 Å². The molecule has 0 aromatic carbocycles. The van der Waals surface area contributed by atoms with Gasteiger partial charge < -0.3 is 4.74 Å². The van der Waals surface area contributed by atoms with E-state index in [0.29, 0.717) is 0 Å². The summed E-state index contributed by atoms with van der Waals surface area (Å²) in [5.41, 5.74) is 13.9. The molecule has 0 amide bonds. The number of nitrogens with one attached hydrogen (secondary N) is 4. The smallest absolute Gasteiger partial charge is 0.309 e. The normalized spacial score (nSPS) is 44.0. The van der Waals surface area contributed by atoms with E-state index in [0.717, 1.165) is 64.5 Å². The molecule has 6 nitrogen and oxygen atoms in total. The molecule has 0 aromatic rings. The van der Waals surface area contributed by atoms with E-state index in [4.69, 9.17) is 4.74 Å². The lowest BCUT2D eigenvalue weighted by molar-refractivity contribution is -0.158. The fourth-order valence-corrected chi connectivity index (χ4v) is 4.91. The maximum Gasteiger partial charge on any atom is 0.309 e. The van der Waals surface area contributed by atoms with Crippen molar-refractivity contribution in [3.8, 4) is 0 Å². The Hall–Kier alpha value is -0.690. The molecule has 2 saturated heterocycles. The standard InChI is InChI=1S/C17H30N4O2/c22-15(13-1-5-16(6-2-13)9-11-18-20-16)23-14-3-7-17(8-4-14)10-12-19-21-17/h13-14,18-21H,1-12H2. The summed E-state index contributed by atoms with van der Waals surface area (Å²) in [6, 6.07) is 0. The number of carbonyl (C=O) groups excluding carboxylic acids is 1. The van der Waals surface area contributed by atoms with Crippen molar-refractivity contribution in [1.82, 2.24) is 21.7 Å². The summed E-state index contributed by atoms with van der Waals surface area (Å²) in [4.78, 5) is 12.5. The van der Waals surface area contributed by atoms with E-state index in [-0.39, 0.29) is 29.1 Å². The number of rotatable bonds is 2. The molecular weight excluding hydrogens is 292 g/mol. The highest BCUT2D eigenvalue weighted by Crippen LogP contribution is 2.38. The van der Waals surface area contributed by atoms with Crippen LogP contribution in [0.5, 0.6) is 0 Å². The van der Waals surface area contributed by atoms with Gasteiger partial charge in [0.2, 0.25) is 0 Å². The van der Waals surface area contributed by atoms with Crippen molar-refractivity contribution < 1.29 is 9.53 Å². The lowest BCUT2D eigenvalue weighted by Crippen LogP contribution is -2.48. The van der Waals surface area contributed by atoms with E-state index >= 15 is 0 Å². The van der Waals surface area contributed by atoms with Crippen LogP contribution in [0.1, 0.15) is 64.2 Å². The van der Waals surface area contributed by atoms with Crippen LogP contribution in [0.3, 0.4) is 0 Å². The number of ether oxygens (including phenoxy) is 1. The van der Waals surface area contributed by atoms with Gasteiger partial charge in [-0.1, -0.05) is 0 Å². The van der Waals surface area contributed by atoms with Crippen LogP contribution in [0.15, 0.2) is 0 Å². The average Bonchev–Trinajstić information content (AvgIpc) is 3.21. The first-order valence-corrected chi connectivity index (χ1v) is 9.39. The molecule has 4 fully saturated rings. The number of hydrazine groups is 2. The molecule has 130 valence electrons. The third-order valence-electron chi connectivity index (χ3n) is 6.61. The number of hydrogen-bond acceptors (Lipinski definition) is 6. The topological polar surface area (TPSA) is 74.4 Å². The second kappa shape index (κ2) is 6.31. The Morgan fingerprint density at radius 2 is 1.30 bits per heavy atom. The van der Waals surface area contributed by atoms with Crippen molar-refractivity contribution >= 4 is 5.97 Å². The number of hydrogen-bond donors (Lipinski definition) is 4. The van der Waals surface area contributed by atoms with Crippen molar-refractivity contribution in [2.45, 2.75) is 81.4 Å². The monoisotopic (exact) mass is 322 g/mol. The van der Waals surface area contributed by atoms with Gasteiger partial charge in [-0.3, -0.25) is 26.5 Å². The van der Waals surface area contributed by atoms with Crippen LogP contribution in [-0.4, -0.2) is 36.2 Å². The first-order valence-electron chi connectivity index (χ1n) is 9.39. The molecule has 23 heavy (non-hydrogen) atoms. The first kappa shape index (κ1) is 15.8. The van der Waals surface area contributed by atoms with Gasteiger partial charge in [0.05, 0.1) is 5.92 Å². The lowest BCUT2D eigenvalue weighted by atomic mass is 9.75. The van der Waals surface area contributed by atoms with Crippen LogP contribution in [0.25, 0.3) is 0 Å². The molecule has 0 bridgehead atoms. The first-order chi connectivity index (χ1) is 11.2. The molecule has 6 heteroatoms. The van der Waals surface area contributed by atoms with E-state index in [1.807, 2.05) is 0 Å². The summed E-state index contributed by atoms with van der Waals surface area (Å²) < 4.78 is 5.86. The molecule has 4 aliphatic rings. The van der Waals surface area contributed by atoms with Crippen LogP contribution < -0.4 is 21.7 Å². The van der Waals surface area contributed by atoms with Gasteiger partial charge in [-0.25, -0.2) is 0 Å². The maximum absolute atomic E-state index is 12.5. The highest BCUT2D eigenvalue weighted by molar-refractivity contribution is 5.72. The third kappa shape index (κ3) is 3.27. The Labute approximate surface area is 138 Å². The molecule has 4 N–H and O–H groups in total. The van der Waals surface area contributed by atoms with Gasteiger partial charge in [-0.2, -0.15) is 0 Å². The second-order valence-corrected chi connectivity index (χ2v) is 8.07. The average molecular weight is 322 g/mol. The Morgan fingerprint density at radius 1 is 0.783 bits per heavy atom. The molecule has 2 heterocycles. The molecule has 4 rings (SSSR count). The quantitative estimate of drug-likeness (QED) is 0.571. The van der Waals surface area contributed by atoms with Crippen molar-refractivity contribution in [1.29, 1.82) is 0 Å². The van der Waals surface area contributed by atoms with Gasteiger partial charge >= 0.3 is 5.97 Å². The summed E-state index contributed by atoms with van der Waals surface area (Å²) in [6.07, 6.45) is 10.9. The van der Waals surface area contributed by atoms with Crippen molar-refractivity contribution in [2.24, 2.45) is 5.92 Å². The minimum absolute atomic E-state index is 0.0595. The molecule has 2 aliphatic carbocycles. The maximum atomic E-state index is 12.5. The molecule has 2 saturated carbocycles. The van der Waals surface area contributed by atoms with Crippen molar-refractivity contribution in [3.05, 3.63) is 0 Å². The second-order valence-electron chi connectivity index (χ2n) is 8.07. The van der Waals surface area contributed by atoms with E-state index in [9.17, 15) is 4.79 Å². The third-order valence-corrected chi connectivity index (χ3v) is 6.61. The highest BCUT2D eigenvalue weighted by Gasteiger charge is 2.42. The molecule has 0 unspecified atom stereocenters. The zero-order valence-corrected chi connectivity index (χ0v) is 14.0. The molecule has 0 aromatic heterocycles. The zero-order chi connectivity index (χ0) is 15.8. The Kier molecular flexibility index (Phi) is 4.34. The summed E-state index contributed by atoms with van der Waals surface area (Å²) in [6.45, 7) is 2.10. The van der Waals surface area contributed by atoms with E-state index < -0.39 is 0 Å². The van der Waals surface area contributed by atoms with Crippen LogP contribution >= 0.6 is 0 Å². The molecule has 0 radical (unpaired) electrons. The zero-order valence-electron chi connectivity index (χ0n) is 14.0. The van der Waals surface area contributed by atoms with Crippen LogP contribution in [0.2, 0.25) is 0 Å². The number of carbonyl (C=O) groups is 1. The lowest BCUT2D eigenvalue weighted by Gasteiger charge is -2.38. The van der Waals surface area contributed by atoms with Gasteiger partial charge in [0.1, 0.15) is 6.10 Å². The summed E-state index contributed by atoms with van der Waals surface area (Å²) in [5.74, 6) is 0.175. The van der Waals surface area contributed by atoms with E-state index in [2.05, 4.69) is 21.7 Å². The largest absolute Gasteiger partial charge is 0.462 e. The minimum Gasteiger partial charge on any atom is -0.462 e. The highest BCUT2D eigenvalue weighted by atomic mass is 16.5. The summed E-state index contributed by atoms with van der Waals surface area (Å²) in [5, 5.41) is 0. The van der Waals surface area contributed by atoms with Crippen LogP contribution in [0.4, 0.5) is 0 Å². The number of esters is 1. The predicted octanol–water partition coefficient (Wildman–Crippen LogP) is 1.14. The Morgan fingerprint density at radius 3 is 1.78 bits per heavy atom. The van der Waals surface area contributed by atoms with E-state index in [1.165, 1.54) is 12.8 Å². The molecular formula is C17H30N4O2. The Balaban J connectivity index is 1.23. The molecule has 0 atom stereocenters. The van der Waals surface area contributed by atoms with Gasteiger partial charge in [0.15, 0.2) is 0 Å². The molecule has 2 spiro atoms. The van der Waals surface area contributed by atoms with E-state index in [1.54, 1.807) is 0 Å².